The Hall–Kier alpha value is -4.67. The third-order valence-corrected chi connectivity index (χ3v) is 6.29. The molecule has 3 heterocycles. The molecule has 2 amide bonds. The van der Waals surface area contributed by atoms with E-state index in [-0.39, 0.29) is 17.3 Å². The molecule has 0 bridgehead atoms. The molecule has 0 aliphatic heterocycles. The van der Waals surface area contributed by atoms with Gasteiger partial charge >= 0.3 is 6.18 Å². The maximum Gasteiger partial charge on any atom is 0.416 e. The number of benzene rings is 1. The van der Waals surface area contributed by atoms with Crippen molar-refractivity contribution in [3.05, 3.63) is 90.4 Å². The van der Waals surface area contributed by atoms with Gasteiger partial charge in [-0.1, -0.05) is 12.2 Å². The number of halogens is 3. The Morgan fingerprint density at radius 1 is 1.13 bits per heavy atom. The van der Waals surface area contributed by atoms with E-state index >= 15 is 0 Å². The summed E-state index contributed by atoms with van der Waals surface area (Å²) in [6.07, 6.45) is 7.16. The first-order valence-electron chi connectivity index (χ1n) is 11.7. The number of carbonyl (C=O) groups excluding carboxylic acids is 2. The quantitative estimate of drug-likeness (QED) is 0.364. The molecular formula is C27H23F3N6O2. The zero-order chi connectivity index (χ0) is 27.0. The number of alkyl halides is 3. The Bertz CT molecular complexity index is 1600. The van der Waals surface area contributed by atoms with Gasteiger partial charge in [-0.25, -0.2) is 9.97 Å². The minimum atomic E-state index is -4.59. The lowest BCUT2D eigenvalue weighted by Crippen LogP contribution is -2.23. The molecule has 1 atom stereocenters. The second kappa shape index (κ2) is 9.66. The van der Waals surface area contributed by atoms with E-state index in [1.165, 1.54) is 36.3 Å². The van der Waals surface area contributed by atoms with Crippen molar-refractivity contribution in [1.82, 2.24) is 18.9 Å². The van der Waals surface area contributed by atoms with E-state index in [1.54, 1.807) is 24.4 Å². The van der Waals surface area contributed by atoms with Crippen LogP contribution < -0.4 is 10.6 Å². The molecule has 0 radical (unpaired) electrons. The Labute approximate surface area is 215 Å². The fourth-order valence-corrected chi connectivity index (χ4v) is 4.46. The molecule has 1 unspecified atom stereocenters. The number of rotatable bonds is 5. The molecule has 0 saturated carbocycles. The smallest absolute Gasteiger partial charge is 0.325 e. The molecule has 0 saturated heterocycles. The summed E-state index contributed by atoms with van der Waals surface area (Å²) in [4.78, 5) is 33.2. The molecule has 3 aromatic heterocycles. The molecule has 0 fully saturated rings. The average molecular weight is 521 g/mol. The average Bonchev–Trinajstić information content (AvgIpc) is 3.54. The highest BCUT2D eigenvalue weighted by molar-refractivity contribution is 5.96. The van der Waals surface area contributed by atoms with Gasteiger partial charge in [0.25, 0.3) is 0 Å². The van der Waals surface area contributed by atoms with Gasteiger partial charge in [0.15, 0.2) is 5.65 Å². The monoisotopic (exact) mass is 520 g/mol. The first kappa shape index (κ1) is 25.0. The van der Waals surface area contributed by atoms with Crippen LogP contribution in [-0.4, -0.2) is 30.8 Å². The summed E-state index contributed by atoms with van der Waals surface area (Å²) in [5.41, 5.74) is 3.05. The highest BCUT2D eigenvalue weighted by atomic mass is 19.4. The molecule has 0 spiro atoms. The highest BCUT2D eigenvalue weighted by Crippen LogP contribution is 2.35. The van der Waals surface area contributed by atoms with Crippen molar-refractivity contribution in [1.29, 1.82) is 0 Å². The van der Waals surface area contributed by atoms with Gasteiger partial charge in [-0.05, 0) is 54.8 Å². The van der Waals surface area contributed by atoms with Gasteiger partial charge in [0, 0.05) is 36.9 Å². The zero-order valence-electron chi connectivity index (χ0n) is 20.5. The lowest BCUT2D eigenvalue weighted by molar-refractivity contribution is -0.137. The van der Waals surface area contributed by atoms with Crippen molar-refractivity contribution in [2.75, 3.05) is 10.6 Å². The summed E-state index contributed by atoms with van der Waals surface area (Å²) in [6.45, 7) is 3.33. The molecule has 2 N–H and O–H groups in total. The molecule has 11 heteroatoms. The first-order chi connectivity index (χ1) is 18.1. The van der Waals surface area contributed by atoms with Crippen molar-refractivity contribution in [2.45, 2.75) is 26.4 Å². The van der Waals surface area contributed by atoms with Gasteiger partial charge in [0.1, 0.15) is 0 Å². The van der Waals surface area contributed by atoms with E-state index in [4.69, 9.17) is 0 Å². The number of anilines is 2. The summed E-state index contributed by atoms with van der Waals surface area (Å²) >= 11 is 0. The van der Waals surface area contributed by atoms with Gasteiger partial charge in [-0.15, -0.1) is 0 Å². The number of pyridine rings is 1. The molecule has 4 aromatic rings. The van der Waals surface area contributed by atoms with Crippen molar-refractivity contribution in [3.63, 3.8) is 0 Å². The van der Waals surface area contributed by atoms with Crippen molar-refractivity contribution >= 4 is 34.4 Å². The van der Waals surface area contributed by atoms with E-state index in [0.29, 0.717) is 17.8 Å². The number of amides is 2. The Morgan fingerprint density at radius 2 is 1.95 bits per heavy atom. The molecule has 1 aliphatic rings. The molecule has 5 rings (SSSR count). The van der Waals surface area contributed by atoms with Crippen LogP contribution in [0.3, 0.4) is 0 Å². The van der Waals surface area contributed by atoms with Gasteiger partial charge in [-0.3, -0.25) is 14.0 Å². The van der Waals surface area contributed by atoms with Crippen LogP contribution in [0.15, 0.2) is 79.2 Å². The maximum atomic E-state index is 13.6. The Balaban J connectivity index is 1.42. The number of imidazole rings is 2. The molecule has 1 aromatic carbocycles. The summed E-state index contributed by atoms with van der Waals surface area (Å²) in [7, 11) is 0. The van der Waals surface area contributed by atoms with Crippen LogP contribution in [0.1, 0.15) is 31.5 Å². The highest BCUT2D eigenvalue weighted by Gasteiger charge is 2.32. The SMILES string of the molecule is CC(=O)Nc1cccn2c(C3=C(C)C=CC(C(=O)Nc4cc(-n5ccnc5)cc(C(F)(F)F)c4)C3)cnc12. The van der Waals surface area contributed by atoms with Gasteiger partial charge in [-0.2, -0.15) is 13.2 Å². The molecule has 194 valence electrons. The van der Waals surface area contributed by atoms with Crippen LogP contribution in [-0.2, 0) is 15.8 Å². The number of hydrogen-bond donors (Lipinski definition) is 2. The topological polar surface area (TPSA) is 93.3 Å². The largest absolute Gasteiger partial charge is 0.416 e. The summed E-state index contributed by atoms with van der Waals surface area (Å²) in [6, 6.07) is 6.92. The predicted octanol–water partition coefficient (Wildman–Crippen LogP) is 5.49. The van der Waals surface area contributed by atoms with E-state index in [2.05, 4.69) is 20.6 Å². The van der Waals surface area contributed by atoms with E-state index in [9.17, 15) is 22.8 Å². The standard InChI is InChI=1S/C27H23F3N6O2/c1-16-5-6-18(10-22(16)24-14-32-25-23(33-17(2)37)4-3-8-36(24)25)26(38)34-20-11-19(27(28,29)30)12-21(13-20)35-9-7-31-15-35/h3-9,11-15,18H,10H2,1-2H3,(H,33,37)(H,34,38). The first-order valence-corrected chi connectivity index (χ1v) is 11.7. The Kier molecular flexibility index (Phi) is 6.35. The molecular weight excluding hydrogens is 497 g/mol. The zero-order valence-corrected chi connectivity index (χ0v) is 20.5. The van der Waals surface area contributed by atoms with Crippen LogP contribution in [0.4, 0.5) is 24.5 Å². The van der Waals surface area contributed by atoms with Gasteiger partial charge in [0.2, 0.25) is 11.8 Å². The number of carbonyl (C=O) groups is 2. The summed E-state index contributed by atoms with van der Waals surface area (Å²) in [5, 5.41) is 5.42. The predicted molar refractivity (Wildman–Crippen MR) is 137 cm³/mol. The number of nitrogens with zero attached hydrogens (tertiary/aromatic N) is 4. The number of hydrogen-bond acceptors (Lipinski definition) is 4. The number of aromatic nitrogens is 4. The third kappa shape index (κ3) is 4.95. The maximum absolute atomic E-state index is 13.6. The number of fused-ring (bicyclic) bond motifs is 1. The van der Waals surface area contributed by atoms with E-state index in [1.807, 2.05) is 23.6 Å². The van der Waals surface area contributed by atoms with Crippen molar-refractivity contribution in [2.24, 2.45) is 5.92 Å². The normalized spacial score (nSPS) is 15.7. The lowest BCUT2D eigenvalue weighted by Gasteiger charge is -2.21. The third-order valence-electron chi connectivity index (χ3n) is 6.29. The second-order valence-corrected chi connectivity index (χ2v) is 9.00. The van der Waals surface area contributed by atoms with E-state index in [0.717, 1.165) is 29.0 Å². The summed E-state index contributed by atoms with van der Waals surface area (Å²) < 4.78 is 44.0. The fraction of sp³-hybridized carbons (Fsp3) is 0.185. The number of allylic oxidation sites excluding steroid dienone is 3. The molecule has 38 heavy (non-hydrogen) atoms. The summed E-state index contributed by atoms with van der Waals surface area (Å²) in [5.74, 6) is -1.28. The second-order valence-electron chi connectivity index (χ2n) is 9.00. The van der Waals surface area contributed by atoms with Crippen LogP contribution in [0.25, 0.3) is 16.9 Å². The fourth-order valence-electron chi connectivity index (χ4n) is 4.46. The van der Waals surface area contributed by atoms with Crippen LogP contribution >= 0.6 is 0 Å². The molecule has 8 nitrogen and oxygen atoms in total. The van der Waals surface area contributed by atoms with Crippen molar-refractivity contribution < 1.29 is 22.8 Å². The minimum absolute atomic E-state index is 0.0319. The van der Waals surface area contributed by atoms with Crippen LogP contribution in [0.2, 0.25) is 0 Å². The Morgan fingerprint density at radius 3 is 2.66 bits per heavy atom. The lowest BCUT2D eigenvalue weighted by atomic mass is 9.88. The van der Waals surface area contributed by atoms with Gasteiger partial charge in [0.05, 0.1) is 35.4 Å². The van der Waals surface area contributed by atoms with Crippen molar-refractivity contribution in [3.8, 4) is 5.69 Å². The molecule has 1 aliphatic carbocycles. The minimum Gasteiger partial charge on any atom is -0.325 e. The van der Waals surface area contributed by atoms with Gasteiger partial charge < -0.3 is 15.2 Å². The number of nitrogens with one attached hydrogen (secondary N) is 2. The van der Waals surface area contributed by atoms with Crippen LogP contribution in [0.5, 0.6) is 0 Å². The van der Waals surface area contributed by atoms with E-state index < -0.39 is 23.6 Å². The van der Waals surface area contributed by atoms with Crippen LogP contribution in [0, 0.1) is 5.92 Å².